The Hall–Kier alpha value is -1.27. The molecular weight excluding hydrogens is 247 g/mol. The molecule has 4 nitrogen and oxygen atoms in total. The van der Waals surface area contributed by atoms with Crippen LogP contribution in [0.4, 0.5) is 18.0 Å². The molecule has 2 amide bonds. The highest BCUT2D eigenvalue weighted by molar-refractivity contribution is 6.05. The van der Waals surface area contributed by atoms with Crippen molar-refractivity contribution >= 4 is 11.9 Å². The van der Waals surface area contributed by atoms with Gasteiger partial charge in [0.2, 0.25) is 0 Å². The molecule has 0 aromatic heterocycles. The Morgan fingerprint density at radius 1 is 1.44 bits per heavy atom. The van der Waals surface area contributed by atoms with Crippen LogP contribution >= 0.6 is 0 Å². The van der Waals surface area contributed by atoms with E-state index in [9.17, 15) is 18.0 Å². The third kappa shape index (κ3) is 1.85. The van der Waals surface area contributed by atoms with Gasteiger partial charge in [0.15, 0.2) is 0 Å². The van der Waals surface area contributed by atoms with Gasteiger partial charge in [-0.05, 0) is 32.6 Å². The Bertz CT molecular complexity index is 383. The topological polar surface area (TPSA) is 58.7 Å². The molecule has 0 atom stereocenters. The molecule has 1 saturated carbocycles. The number of alkyl halides is 3. The SMILES string of the molecule is CCN1C(=O)N=C(N)C12CCC(C(F)(F)F)CC2. The van der Waals surface area contributed by atoms with Gasteiger partial charge in [-0.3, -0.25) is 0 Å². The van der Waals surface area contributed by atoms with Crippen LogP contribution in [0.3, 0.4) is 0 Å². The number of amides is 2. The van der Waals surface area contributed by atoms with E-state index >= 15 is 0 Å². The lowest BCUT2D eigenvalue weighted by atomic mass is 9.75. The van der Waals surface area contributed by atoms with E-state index in [1.165, 1.54) is 4.90 Å². The van der Waals surface area contributed by atoms with Crippen molar-refractivity contribution in [2.45, 2.75) is 44.3 Å². The van der Waals surface area contributed by atoms with Crippen LogP contribution in [0.15, 0.2) is 4.99 Å². The first-order valence-electron chi connectivity index (χ1n) is 6.04. The lowest BCUT2D eigenvalue weighted by Crippen LogP contribution is -2.56. The molecule has 1 aliphatic carbocycles. The van der Waals surface area contributed by atoms with Crippen molar-refractivity contribution in [3.8, 4) is 0 Å². The van der Waals surface area contributed by atoms with Crippen LogP contribution in [0.2, 0.25) is 0 Å². The van der Waals surface area contributed by atoms with Crippen molar-refractivity contribution in [2.75, 3.05) is 6.54 Å². The molecule has 7 heteroatoms. The van der Waals surface area contributed by atoms with Crippen LogP contribution in [0, 0.1) is 5.92 Å². The Morgan fingerprint density at radius 2 is 2.00 bits per heavy atom. The van der Waals surface area contributed by atoms with Gasteiger partial charge in [-0.25, -0.2) is 4.79 Å². The van der Waals surface area contributed by atoms with E-state index in [-0.39, 0.29) is 31.5 Å². The van der Waals surface area contributed by atoms with Gasteiger partial charge in [0.1, 0.15) is 11.4 Å². The summed E-state index contributed by atoms with van der Waals surface area (Å²) in [5.41, 5.74) is 4.99. The summed E-state index contributed by atoms with van der Waals surface area (Å²) in [6, 6.07) is -0.430. The molecule has 0 unspecified atom stereocenters. The summed E-state index contributed by atoms with van der Waals surface area (Å²) in [4.78, 5) is 16.8. The second-order valence-corrected chi connectivity index (χ2v) is 4.87. The van der Waals surface area contributed by atoms with Gasteiger partial charge >= 0.3 is 12.2 Å². The Morgan fingerprint density at radius 3 is 2.44 bits per heavy atom. The standard InChI is InChI=1S/C11H16F3N3O/c1-2-17-9(18)16-8(15)10(17)5-3-7(4-6-10)11(12,13)14/h7H,2-6H2,1H3,(H2,15,16,18). The molecule has 0 aromatic rings. The summed E-state index contributed by atoms with van der Waals surface area (Å²) in [7, 11) is 0. The minimum Gasteiger partial charge on any atom is -0.385 e. The molecule has 1 heterocycles. The fourth-order valence-corrected chi connectivity index (χ4v) is 2.98. The highest BCUT2D eigenvalue weighted by Crippen LogP contribution is 2.45. The number of amidine groups is 1. The summed E-state index contributed by atoms with van der Waals surface area (Å²) in [6.45, 7) is 2.20. The van der Waals surface area contributed by atoms with Crippen LogP contribution in [-0.4, -0.2) is 35.0 Å². The molecule has 2 aliphatic rings. The minimum absolute atomic E-state index is 0.00347. The van der Waals surface area contributed by atoms with Gasteiger partial charge in [-0.2, -0.15) is 18.2 Å². The van der Waals surface area contributed by atoms with E-state index in [1.54, 1.807) is 6.92 Å². The predicted octanol–water partition coefficient (Wildman–Crippen LogP) is 2.29. The second-order valence-electron chi connectivity index (χ2n) is 4.87. The molecular formula is C11H16F3N3O. The number of halogens is 3. The van der Waals surface area contributed by atoms with Crippen molar-refractivity contribution in [3.05, 3.63) is 0 Å². The van der Waals surface area contributed by atoms with E-state index in [1.807, 2.05) is 0 Å². The number of carbonyl (C=O) groups is 1. The first kappa shape index (κ1) is 13.2. The lowest BCUT2D eigenvalue weighted by Gasteiger charge is -2.42. The Labute approximate surface area is 103 Å². The number of nitrogens with two attached hydrogens (primary N) is 1. The van der Waals surface area contributed by atoms with Gasteiger partial charge in [0, 0.05) is 6.54 Å². The predicted molar refractivity (Wildman–Crippen MR) is 60.1 cm³/mol. The maximum Gasteiger partial charge on any atom is 0.391 e. The molecule has 2 N–H and O–H groups in total. The maximum absolute atomic E-state index is 12.6. The zero-order chi connectivity index (χ0) is 13.6. The molecule has 1 spiro atoms. The fourth-order valence-electron chi connectivity index (χ4n) is 2.98. The number of hydrogen-bond acceptors (Lipinski definition) is 2. The van der Waals surface area contributed by atoms with Crippen LogP contribution in [-0.2, 0) is 0 Å². The molecule has 1 aliphatic heterocycles. The highest BCUT2D eigenvalue weighted by Gasteiger charge is 2.53. The number of aliphatic imine (C=N–C) groups is 1. The third-order valence-electron chi connectivity index (χ3n) is 4.03. The molecule has 2 rings (SSSR count). The largest absolute Gasteiger partial charge is 0.391 e. The van der Waals surface area contributed by atoms with Crippen molar-refractivity contribution in [1.82, 2.24) is 4.90 Å². The average Bonchev–Trinajstić information content (AvgIpc) is 2.50. The Kier molecular flexibility index (Phi) is 3.03. The normalized spacial score (nSPS) is 33.1. The first-order chi connectivity index (χ1) is 8.31. The smallest absolute Gasteiger partial charge is 0.385 e. The van der Waals surface area contributed by atoms with E-state index in [4.69, 9.17) is 5.73 Å². The Balaban J connectivity index is 2.16. The van der Waals surface area contributed by atoms with Crippen LogP contribution < -0.4 is 5.73 Å². The monoisotopic (exact) mass is 263 g/mol. The zero-order valence-corrected chi connectivity index (χ0v) is 10.1. The molecule has 102 valence electrons. The third-order valence-corrected chi connectivity index (χ3v) is 4.03. The summed E-state index contributed by atoms with van der Waals surface area (Å²) in [6.07, 6.45) is -3.67. The number of likely N-dealkylation sites (N-methyl/N-ethyl adjacent to an activating group) is 1. The zero-order valence-electron chi connectivity index (χ0n) is 10.1. The molecule has 0 radical (unpaired) electrons. The van der Waals surface area contributed by atoms with E-state index in [0.29, 0.717) is 6.54 Å². The molecule has 18 heavy (non-hydrogen) atoms. The van der Waals surface area contributed by atoms with Crippen molar-refractivity contribution in [3.63, 3.8) is 0 Å². The van der Waals surface area contributed by atoms with Gasteiger partial charge < -0.3 is 10.6 Å². The van der Waals surface area contributed by atoms with Crippen LogP contribution in [0.1, 0.15) is 32.6 Å². The molecule has 0 saturated heterocycles. The second kappa shape index (κ2) is 4.13. The summed E-state index contributed by atoms with van der Waals surface area (Å²) in [5, 5.41) is 0. The van der Waals surface area contributed by atoms with Crippen LogP contribution in [0.5, 0.6) is 0 Å². The summed E-state index contributed by atoms with van der Waals surface area (Å²) >= 11 is 0. The number of hydrogen-bond donors (Lipinski definition) is 1. The van der Waals surface area contributed by atoms with Crippen molar-refractivity contribution in [2.24, 2.45) is 16.6 Å². The number of rotatable bonds is 1. The van der Waals surface area contributed by atoms with Crippen molar-refractivity contribution in [1.29, 1.82) is 0 Å². The molecule has 0 bridgehead atoms. The summed E-state index contributed by atoms with van der Waals surface area (Å²) < 4.78 is 37.9. The van der Waals surface area contributed by atoms with E-state index in [0.717, 1.165) is 0 Å². The van der Waals surface area contributed by atoms with Gasteiger partial charge in [-0.15, -0.1) is 0 Å². The van der Waals surface area contributed by atoms with E-state index in [2.05, 4.69) is 4.99 Å². The van der Waals surface area contributed by atoms with E-state index < -0.39 is 23.7 Å². The average molecular weight is 263 g/mol. The lowest BCUT2D eigenvalue weighted by molar-refractivity contribution is -0.185. The first-order valence-corrected chi connectivity index (χ1v) is 6.04. The molecule has 0 aromatic carbocycles. The number of carbonyl (C=O) groups excluding carboxylic acids is 1. The van der Waals surface area contributed by atoms with Gasteiger partial charge in [0.25, 0.3) is 0 Å². The molecule has 1 fully saturated rings. The highest BCUT2D eigenvalue weighted by atomic mass is 19.4. The fraction of sp³-hybridized carbons (Fsp3) is 0.818. The van der Waals surface area contributed by atoms with Crippen molar-refractivity contribution < 1.29 is 18.0 Å². The number of nitrogens with zero attached hydrogens (tertiary/aromatic N) is 2. The maximum atomic E-state index is 12.6. The summed E-state index contributed by atoms with van der Waals surface area (Å²) in [5.74, 6) is -1.11. The van der Waals surface area contributed by atoms with Gasteiger partial charge in [-0.1, -0.05) is 0 Å². The quantitative estimate of drug-likeness (QED) is 0.789. The van der Waals surface area contributed by atoms with Crippen LogP contribution in [0.25, 0.3) is 0 Å². The number of urea groups is 1. The minimum atomic E-state index is -4.16. The van der Waals surface area contributed by atoms with Gasteiger partial charge in [0.05, 0.1) is 5.92 Å².